The summed E-state index contributed by atoms with van der Waals surface area (Å²) in [6.07, 6.45) is 10.2. The lowest BCUT2D eigenvalue weighted by atomic mass is 9.49. The molecule has 1 saturated heterocycles. The summed E-state index contributed by atoms with van der Waals surface area (Å²) < 4.78 is 0. The van der Waals surface area contributed by atoms with E-state index in [1.807, 2.05) is 0 Å². The fourth-order valence-electron chi connectivity index (χ4n) is 6.54. The van der Waals surface area contributed by atoms with Crippen LogP contribution in [0.1, 0.15) is 57.8 Å². The molecule has 4 bridgehead atoms. The number of carbonyl (C=O) groups excluding carboxylic acids is 2. The van der Waals surface area contributed by atoms with Crippen LogP contribution >= 0.6 is 0 Å². The highest BCUT2D eigenvalue weighted by molar-refractivity contribution is 5.85. The molecule has 5 fully saturated rings. The van der Waals surface area contributed by atoms with E-state index in [-0.39, 0.29) is 36.4 Å². The number of likely N-dealkylation sites (tertiary alicyclic amines) is 1. The van der Waals surface area contributed by atoms with Crippen molar-refractivity contribution in [2.45, 2.75) is 63.8 Å². The van der Waals surface area contributed by atoms with Crippen molar-refractivity contribution in [3.63, 3.8) is 0 Å². The Morgan fingerprint density at radius 2 is 1.71 bits per heavy atom. The Morgan fingerprint density at radius 1 is 1.08 bits per heavy atom. The first-order valence-corrected chi connectivity index (χ1v) is 9.74. The molecule has 5 nitrogen and oxygen atoms in total. The lowest BCUT2D eigenvalue weighted by molar-refractivity contribution is -0.136. The summed E-state index contributed by atoms with van der Waals surface area (Å²) in [5.41, 5.74) is 0.225. The molecular weight excluding hydrogens is 304 g/mol. The number of aliphatic hydroxyl groups is 1. The maximum Gasteiger partial charge on any atom is 0.242 e. The van der Waals surface area contributed by atoms with Gasteiger partial charge >= 0.3 is 0 Å². The first-order valence-electron chi connectivity index (χ1n) is 9.74. The van der Waals surface area contributed by atoms with Crippen LogP contribution in [0, 0.1) is 23.2 Å². The minimum absolute atomic E-state index is 0.0208. The topological polar surface area (TPSA) is 69.6 Å². The monoisotopic (exact) mass is 334 g/mol. The van der Waals surface area contributed by atoms with Gasteiger partial charge < -0.3 is 15.3 Å². The third-order valence-electron chi connectivity index (χ3n) is 7.05. The molecule has 0 aromatic heterocycles. The van der Waals surface area contributed by atoms with Crippen molar-refractivity contribution >= 4 is 11.8 Å². The van der Waals surface area contributed by atoms with Gasteiger partial charge in [0.1, 0.15) is 0 Å². The number of hydrogen-bond donors (Lipinski definition) is 2. The standard InChI is InChI=1S/C19H30N2O3/c22-12-16-2-1-3-21(16)18(24)11-20-17(23)10-19-7-13-4-14(8-19)6-15(5-13)9-19/h13-16,22H,1-12H2,(H,20,23)/t13?,14?,15?,16-,19?/m1/s1. The van der Waals surface area contributed by atoms with Crippen molar-refractivity contribution in [1.82, 2.24) is 10.2 Å². The summed E-state index contributed by atoms with van der Waals surface area (Å²) >= 11 is 0. The number of carbonyl (C=O) groups is 2. The zero-order valence-electron chi connectivity index (χ0n) is 14.5. The molecule has 5 rings (SSSR count). The van der Waals surface area contributed by atoms with Crippen molar-refractivity contribution in [3.05, 3.63) is 0 Å². The Morgan fingerprint density at radius 3 is 2.29 bits per heavy atom. The van der Waals surface area contributed by atoms with Crippen molar-refractivity contribution in [2.75, 3.05) is 19.7 Å². The van der Waals surface area contributed by atoms with E-state index in [0.29, 0.717) is 13.0 Å². The van der Waals surface area contributed by atoms with Crippen LogP contribution in [0.5, 0.6) is 0 Å². The van der Waals surface area contributed by atoms with Gasteiger partial charge in [0, 0.05) is 13.0 Å². The average molecular weight is 334 g/mol. The van der Waals surface area contributed by atoms with E-state index in [4.69, 9.17) is 0 Å². The summed E-state index contributed by atoms with van der Waals surface area (Å²) in [4.78, 5) is 26.5. The Labute approximate surface area is 144 Å². The van der Waals surface area contributed by atoms with Gasteiger partial charge in [-0.05, 0) is 74.5 Å². The molecular formula is C19H30N2O3. The zero-order valence-corrected chi connectivity index (χ0v) is 14.5. The third kappa shape index (κ3) is 3.07. The molecule has 1 heterocycles. The molecule has 0 unspecified atom stereocenters. The lowest BCUT2D eigenvalue weighted by Gasteiger charge is -2.56. The fraction of sp³-hybridized carbons (Fsp3) is 0.895. The van der Waals surface area contributed by atoms with E-state index in [1.165, 1.54) is 38.5 Å². The zero-order chi connectivity index (χ0) is 16.7. The highest BCUT2D eigenvalue weighted by atomic mass is 16.3. The van der Waals surface area contributed by atoms with Gasteiger partial charge in [0.05, 0.1) is 19.2 Å². The van der Waals surface area contributed by atoms with Gasteiger partial charge in [0.15, 0.2) is 0 Å². The fourth-order valence-corrected chi connectivity index (χ4v) is 6.54. The van der Waals surface area contributed by atoms with Crippen molar-refractivity contribution in [2.24, 2.45) is 23.2 Å². The number of rotatable bonds is 5. The second-order valence-corrected chi connectivity index (χ2v) is 8.94. The maximum atomic E-state index is 12.5. The predicted molar refractivity (Wildman–Crippen MR) is 90.1 cm³/mol. The quantitative estimate of drug-likeness (QED) is 0.804. The Kier molecular flexibility index (Phi) is 4.31. The predicted octanol–water partition coefficient (Wildman–Crippen LogP) is 1.69. The van der Waals surface area contributed by atoms with Crippen LogP contribution in [0.15, 0.2) is 0 Å². The van der Waals surface area contributed by atoms with Gasteiger partial charge in [-0.3, -0.25) is 9.59 Å². The first kappa shape index (κ1) is 16.4. The molecule has 0 spiro atoms. The molecule has 0 aromatic rings. The number of nitrogens with zero attached hydrogens (tertiary/aromatic N) is 1. The molecule has 1 atom stereocenters. The molecule has 4 saturated carbocycles. The average Bonchev–Trinajstić information content (AvgIpc) is 2.99. The van der Waals surface area contributed by atoms with E-state index in [1.54, 1.807) is 4.90 Å². The van der Waals surface area contributed by atoms with E-state index in [9.17, 15) is 14.7 Å². The third-order valence-corrected chi connectivity index (χ3v) is 7.05. The van der Waals surface area contributed by atoms with Crippen LogP contribution in [0.25, 0.3) is 0 Å². The highest BCUT2D eigenvalue weighted by Gasteiger charge is 2.51. The van der Waals surface area contributed by atoms with Crippen molar-refractivity contribution in [1.29, 1.82) is 0 Å². The SMILES string of the molecule is O=C(CC12CC3CC(CC(C3)C1)C2)NCC(=O)N1CCC[C@@H]1CO. The molecule has 0 radical (unpaired) electrons. The summed E-state index contributed by atoms with van der Waals surface area (Å²) in [6.45, 7) is 0.809. The van der Waals surface area contributed by atoms with Crippen LogP contribution in [0.4, 0.5) is 0 Å². The second-order valence-electron chi connectivity index (χ2n) is 8.94. The number of amides is 2. The van der Waals surface area contributed by atoms with E-state index >= 15 is 0 Å². The molecule has 134 valence electrons. The van der Waals surface area contributed by atoms with E-state index in [0.717, 1.165) is 30.6 Å². The first-order chi connectivity index (χ1) is 11.6. The number of aliphatic hydroxyl groups excluding tert-OH is 1. The molecule has 24 heavy (non-hydrogen) atoms. The Bertz CT molecular complexity index is 483. The molecule has 2 N–H and O–H groups in total. The van der Waals surface area contributed by atoms with Crippen LogP contribution < -0.4 is 5.32 Å². The number of nitrogens with one attached hydrogen (secondary N) is 1. The number of hydrogen-bond acceptors (Lipinski definition) is 3. The van der Waals surface area contributed by atoms with Gasteiger partial charge in [-0.1, -0.05) is 0 Å². The molecule has 4 aliphatic carbocycles. The second kappa shape index (κ2) is 6.32. The highest BCUT2D eigenvalue weighted by Crippen LogP contribution is 2.61. The van der Waals surface area contributed by atoms with Crippen LogP contribution in [0.2, 0.25) is 0 Å². The molecule has 5 aliphatic rings. The maximum absolute atomic E-state index is 12.5. The van der Waals surface area contributed by atoms with Gasteiger partial charge in [0.25, 0.3) is 0 Å². The molecule has 5 heteroatoms. The summed E-state index contributed by atoms with van der Waals surface area (Å²) in [6, 6.07) is -0.0578. The normalized spacial score (nSPS) is 40.1. The van der Waals surface area contributed by atoms with Crippen LogP contribution in [-0.4, -0.2) is 47.6 Å². The smallest absolute Gasteiger partial charge is 0.242 e. The molecule has 0 aromatic carbocycles. The Hall–Kier alpha value is -1.10. The molecule has 2 amide bonds. The van der Waals surface area contributed by atoms with Crippen molar-refractivity contribution < 1.29 is 14.7 Å². The van der Waals surface area contributed by atoms with Gasteiger partial charge in [0.2, 0.25) is 11.8 Å². The van der Waals surface area contributed by atoms with E-state index in [2.05, 4.69) is 5.32 Å². The summed E-state index contributed by atoms with van der Waals surface area (Å²) in [7, 11) is 0. The van der Waals surface area contributed by atoms with Gasteiger partial charge in [-0.15, -0.1) is 0 Å². The molecule has 1 aliphatic heterocycles. The Balaban J connectivity index is 1.29. The van der Waals surface area contributed by atoms with Crippen LogP contribution in [-0.2, 0) is 9.59 Å². The largest absolute Gasteiger partial charge is 0.394 e. The van der Waals surface area contributed by atoms with Gasteiger partial charge in [-0.25, -0.2) is 0 Å². The van der Waals surface area contributed by atoms with Gasteiger partial charge in [-0.2, -0.15) is 0 Å². The van der Waals surface area contributed by atoms with Crippen LogP contribution in [0.3, 0.4) is 0 Å². The van der Waals surface area contributed by atoms with Crippen molar-refractivity contribution in [3.8, 4) is 0 Å². The van der Waals surface area contributed by atoms with E-state index < -0.39 is 0 Å². The lowest BCUT2D eigenvalue weighted by Crippen LogP contribution is -2.49. The summed E-state index contributed by atoms with van der Waals surface area (Å²) in [5.74, 6) is 2.54. The minimum Gasteiger partial charge on any atom is -0.394 e. The minimum atomic E-state index is -0.0578. The summed E-state index contributed by atoms with van der Waals surface area (Å²) in [5, 5.41) is 12.2.